The first-order chi connectivity index (χ1) is 7.84. The van der Waals surface area contributed by atoms with Gasteiger partial charge in [-0.25, -0.2) is 9.78 Å². The van der Waals surface area contributed by atoms with Crippen LogP contribution in [0.5, 0.6) is 0 Å². The third-order valence-corrected chi connectivity index (χ3v) is 2.37. The number of nitrogens with one attached hydrogen (secondary N) is 1. The Balaban J connectivity index is 2.30. The van der Waals surface area contributed by atoms with Gasteiger partial charge in [0.1, 0.15) is 6.33 Å². The largest absolute Gasteiger partial charge is 0.348 e. The summed E-state index contributed by atoms with van der Waals surface area (Å²) in [6, 6.07) is 11.4. The predicted octanol–water partition coefficient (Wildman–Crippen LogP) is 1.08. The molecule has 5 nitrogen and oxygen atoms in total. The molecule has 3 rings (SSSR count). The highest BCUT2D eigenvalue weighted by Crippen LogP contribution is 2.15. The van der Waals surface area contributed by atoms with Gasteiger partial charge >= 0.3 is 5.69 Å². The van der Waals surface area contributed by atoms with Gasteiger partial charge in [0.2, 0.25) is 0 Å². The zero-order valence-corrected chi connectivity index (χ0v) is 8.29. The Morgan fingerprint density at radius 2 is 2.00 bits per heavy atom. The van der Waals surface area contributed by atoms with Gasteiger partial charge in [-0.15, -0.1) is 0 Å². The lowest BCUT2D eigenvalue weighted by Gasteiger charge is -2.00. The fourth-order valence-electron chi connectivity index (χ4n) is 1.61. The van der Waals surface area contributed by atoms with E-state index in [-0.39, 0.29) is 5.69 Å². The van der Waals surface area contributed by atoms with Crippen molar-refractivity contribution in [2.24, 2.45) is 0 Å². The molecule has 5 heteroatoms. The van der Waals surface area contributed by atoms with E-state index in [1.165, 1.54) is 10.8 Å². The standard InChI is InChI=1S/C11H8N4O/c16-11-14-9(8-4-2-1-3-5-8)6-10-12-7-13-15(10)11/h1-7H,(H,14,16). The van der Waals surface area contributed by atoms with E-state index >= 15 is 0 Å². The molecule has 0 aliphatic carbocycles. The Hall–Kier alpha value is -2.43. The van der Waals surface area contributed by atoms with E-state index in [1.807, 2.05) is 30.3 Å². The number of aromatic nitrogens is 4. The van der Waals surface area contributed by atoms with Crippen molar-refractivity contribution in [2.75, 3.05) is 0 Å². The highest BCUT2D eigenvalue weighted by Gasteiger charge is 2.04. The van der Waals surface area contributed by atoms with Crippen LogP contribution in [0.25, 0.3) is 16.9 Å². The van der Waals surface area contributed by atoms with E-state index in [4.69, 9.17) is 0 Å². The topological polar surface area (TPSA) is 63.0 Å². The van der Waals surface area contributed by atoms with Gasteiger partial charge < -0.3 is 4.98 Å². The molecule has 0 amide bonds. The summed E-state index contributed by atoms with van der Waals surface area (Å²) in [5.74, 6) is 0. The fourth-order valence-corrected chi connectivity index (χ4v) is 1.61. The summed E-state index contributed by atoms with van der Waals surface area (Å²) in [4.78, 5) is 18.4. The Labute approximate surface area is 90.4 Å². The zero-order chi connectivity index (χ0) is 11.0. The number of hydrogen-bond acceptors (Lipinski definition) is 3. The van der Waals surface area contributed by atoms with Gasteiger partial charge in [-0.1, -0.05) is 30.3 Å². The summed E-state index contributed by atoms with van der Waals surface area (Å²) >= 11 is 0. The monoisotopic (exact) mass is 212 g/mol. The van der Waals surface area contributed by atoms with Crippen molar-refractivity contribution < 1.29 is 0 Å². The van der Waals surface area contributed by atoms with Crippen molar-refractivity contribution in [1.29, 1.82) is 0 Å². The molecule has 0 fully saturated rings. The van der Waals surface area contributed by atoms with E-state index in [1.54, 1.807) is 6.07 Å². The minimum Gasteiger partial charge on any atom is -0.305 e. The second-order valence-corrected chi connectivity index (χ2v) is 3.38. The van der Waals surface area contributed by atoms with E-state index in [9.17, 15) is 4.79 Å². The zero-order valence-electron chi connectivity index (χ0n) is 8.29. The maximum Gasteiger partial charge on any atom is 0.348 e. The molecular formula is C11H8N4O. The van der Waals surface area contributed by atoms with Crippen LogP contribution in [-0.4, -0.2) is 19.6 Å². The van der Waals surface area contributed by atoms with Crippen LogP contribution in [0.1, 0.15) is 0 Å². The minimum atomic E-state index is -0.283. The lowest BCUT2D eigenvalue weighted by Crippen LogP contribution is -2.17. The van der Waals surface area contributed by atoms with Gasteiger partial charge in [0.25, 0.3) is 0 Å². The summed E-state index contributed by atoms with van der Waals surface area (Å²) in [6.07, 6.45) is 1.36. The van der Waals surface area contributed by atoms with Crippen LogP contribution in [0.3, 0.4) is 0 Å². The molecule has 16 heavy (non-hydrogen) atoms. The van der Waals surface area contributed by atoms with Gasteiger partial charge in [0.15, 0.2) is 5.65 Å². The number of benzene rings is 1. The van der Waals surface area contributed by atoms with Crippen molar-refractivity contribution in [3.05, 3.63) is 53.2 Å². The van der Waals surface area contributed by atoms with Crippen molar-refractivity contribution in [1.82, 2.24) is 19.6 Å². The normalized spacial score (nSPS) is 10.8. The molecule has 78 valence electrons. The van der Waals surface area contributed by atoms with Crippen LogP contribution >= 0.6 is 0 Å². The van der Waals surface area contributed by atoms with Crippen LogP contribution in [0.15, 0.2) is 47.5 Å². The molecule has 0 aliphatic rings. The molecule has 0 aliphatic heterocycles. The molecule has 1 aromatic carbocycles. The second kappa shape index (κ2) is 3.30. The van der Waals surface area contributed by atoms with Gasteiger partial charge in [-0.3, -0.25) is 0 Å². The second-order valence-electron chi connectivity index (χ2n) is 3.38. The smallest absolute Gasteiger partial charge is 0.305 e. The van der Waals surface area contributed by atoms with Crippen LogP contribution in [0, 0.1) is 0 Å². The van der Waals surface area contributed by atoms with Crippen LogP contribution < -0.4 is 5.69 Å². The van der Waals surface area contributed by atoms with Crippen molar-refractivity contribution >= 4 is 5.65 Å². The molecule has 2 heterocycles. The Bertz CT molecular complexity index is 684. The van der Waals surface area contributed by atoms with Crippen LogP contribution in [0.2, 0.25) is 0 Å². The average Bonchev–Trinajstić information content (AvgIpc) is 2.79. The fraction of sp³-hybridized carbons (Fsp3) is 0. The highest BCUT2D eigenvalue weighted by atomic mass is 16.1. The number of aromatic amines is 1. The van der Waals surface area contributed by atoms with Crippen LogP contribution in [-0.2, 0) is 0 Å². The van der Waals surface area contributed by atoms with E-state index < -0.39 is 0 Å². The van der Waals surface area contributed by atoms with Crippen LogP contribution in [0.4, 0.5) is 0 Å². The Kier molecular flexibility index (Phi) is 1.83. The molecule has 0 saturated carbocycles. The maximum absolute atomic E-state index is 11.6. The molecule has 0 spiro atoms. The number of H-pyrrole nitrogens is 1. The molecule has 0 radical (unpaired) electrons. The summed E-state index contributed by atoms with van der Waals surface area (Å²) in [7, 11) is 0. The maximum atomic E-state index is 11.6. The summed E-state index contributed by atoms with van der Waals surface area (Å²) < 4.78 is 1.23. The third-order valence-electron chi connectivity index (χ3n) is 2.37. The molecule has 2 aromatic heterocycles. The lowest BCUT2D eigenvalue weighted by molar-refractivity contribution is 0.870. The molecule has 3 aromatic rings. The van der Waals surface area contributed by atoms with Gasteiger partial charge in [0.05, 0.1) is 5.69 Å². The van der Waals surface area contributed by atoms with Gasteiger partial charge in [-0.05, 0) is 5.56 Å². The number of rotatable bonds is 1. The predicted molar refractivity (Wildman–Crippen MR) is 59.0 cm³/mol. The highest BCUT2D eigenvalue weighted by molar-refractivity contribution is 5.62. The molecule has 0 unspecified atom stereocenters. The summed E-state index contributed by atoms with van der Waals surface area (Å²) in [6.45, 7) is 0. The SMILES string of the molecule is O=c1[nH]c(-c2ccccc2)cc2ncnn12. The molecule has 0 saturated heterocycles. The number of nitrogens with zero attached hydrogens (tertiary/aromatic N) is 3. The summed E-state index contributed by atoms with van der Waals surface area (Å²) in [5, 5.41) is 3.81. The summed E-state index contributed by atoms with van der Waals surface area (Å²) in [5.41, 5.74) is 1.95. The average molecular weight is 212 g/mol. The van der Waals surface area contributed by atoms with Gasteiger partial charge in [0, 0.05) is 6.07 Å². The van der Waals surface area contributed by atoms with Crippen molar-refractivity contribution in [2.45, 2.75) is 0 Å². The van der Waals surface area contributed by atoms with E-state index in [0.717, 1.165) is 11.3 Å². The number of hydrogen-bond donors (Lipinski definition) is 1. The number of fused-ring (bicyclic) bond motifs is 1. The minimum absolute atomic E-state index is 0.283. The first kappa shape index (κ1) is 8.84. The lowest BCUT2D eigenvalue weighted by atomic mass is 10.1. The molecule has 1 N–H and O–H groups in total. The van der Waals surface area contributed by atoms with E-state index in [0.29, 0.717) is 5.65 Å². The van der Waals surface area contributed by atoms with E-state index in [2.05, 4.69) is 15.1 Å². The Morgan fingerprint density at radius 3 is 2.81 bits per heavy atom. The molecular weight excluding hydrogens is 204 g/mol. The first-order valence-electron chi connectivity index (χ1n) is 4.83. The van der Waals surface area contributed by atoms with Crippen molar-refractivity contribution in [3.63, 3.8) is 0 Å². The quantitative estimate of drug-likeness (QED) is 0.656. The third kappa shape index (κ3) is 1.30. The molecule has 0 bridgehead atoms. The first-order valence-corrected chi connectivity index (χ1v) is 4.83. The van der Waals surface area contributed by atoms with Crippen molar-refractivity contribution in [3.8, 4) is 11.3 Å². The Morgan fingerprint density at radius 1 is 1.19 bits per heavy atom. The van der Waals surface area contributed by atoms with Gasteiger partial charge in [-0.2, -0.15) is 9.61 Å². The molecule has 0 atom stereocenters.